The summed E-state index contributed by atoms with van der Waals surface area (Å²) in [4.78, 5) is 13.2. The SMILES string of the molecule is CC(=N)c1ccc(CN2CCCC(C(=O)O)C2)cc1.OCc1ccc(-c2ccccc2)c(C(F)(F)F)c1. The summed E-state index contributed by atoms with van der Waals surface area (Å²) in [6, 6.07) is 20.2. The van der Waals surface area contributed by atoms with E-state index in [9.17, 15) is 18.0 Å². The van der Waals surface area contributed by atoms with E-state index in [4.69, 9.17) is 15.6 Å². The Bertz CT molecular complexity index is 1200. The number of piperidine rings is 1. The molecule has 3 aromatic rings. The fourth-order valence-electron chi connectivity index (χ4n) is 4.31. The van der Waals surface area contributed by atoms with Gasteiger partial charge in [0, 0.05) is 18.8 Å². The Morgan fingerprint density at radius 2 is 1.68 bits per heavy atom. The molecule has 5 nitrogen and oxygen atoms in total. The first-order chi connectivity index (χ1) is 17.6. The van der Waals surface area contributed by atoms with Crippen LogP contribution in [0.1, 0.15) is 42.0 Å². The molecule has 3 aromatic carbocycles. The lowest BCUT2D eigenvalue weighted by atomic mass is 9.97. The van der Waals surface area contributed by atoms with E-state index in [0.717, 1.165) is 37.6 Å². The van der Waals surface area contributed by atoms with Crippen molar-refractivity contribution in [3.8, 4) is 11.1 Å². The number of hydrogen-bond donors (Lipinski definition) is 3. The Morgan fingerprint density at radius 1 is 1.03 bits per heavy atom. The van der Waals surface area contributed by atoms with E-state index >= 15 is 0 Å². The maximum atomic E-state index is 13.0. The van der Waals surface area contributed by atoms with E-state index in [1.54, 1.807) is 37.3 Å². The summed E-state index contributed by atoms with van der Waals surface area (Å²) in [5.41, 5.74) is 2.84. The molecule has 0 spiro atoms. The van der Waals surface area contributed by atoms with Crippen molar-refractivity contribution in [1.29, 1.82) is 5.41 Å². The van der Waals surface area contributed by atoms with E-state index in [-0.39, 0.29) is 17.0 Å². The number of likely N-dealkylation sites (tertiary alicyclic amines) is 1. The van der Waals surface area contributed by atoms with E-state index < -0.39 is 24.3 Å². The molecule has 1 heterocycles. The van der Waals surface area contributed by atoms with Crippen molar-refractivity contribution in [3.63, 3.8) is 0 Å². The fourth-order valence-corrected chi connectivity index (χ4v) is 4.31. The van der Waals surface area contributed by atoms with Gasteiger partial charge >= 0.3 is 12.1 Å². The normalized spacial score (nSPS) is 16.0. The zero-order chi connectivity index (χ0) is 27.0. The Kier molecular flexibility index (Phi) is 9.60. The van der Waals surface area contributed by atoms with Crippen molar-refractivity contribution in [2.75, 3.05) is 13.1 Å². The standard InChI is InChI=1S/C15H20N2O2.C14H11F3O/c1-11(16)13-6-4-12(5-7-13)9-17-8-2-3-14(10-17)15(18)19;15-14(16,17)13-8-10(9-18)6-7-12(13)11-4-2-1-3-5-11/h4-7,14,16H,2-3,8-10H2,1H3,(H,18,19);1-8,18H,9H2. The number of aliphatic hydroxyl groups is 1. The van der Waals surface area contributed by atoms with Crippen molar-refractivity contribution in [2.24, 2.45) is 5.92 Å². The van der Waals surface area contributed by atoms with Crippen LogP contribution in [0.15, 0.2) is 72.8 Å². The zero-order valence-electron chi connectivity index (χ0n) is 20.6. The number of aliphatic hydroxyl groups excluding tert-OH is 1. The minimum atomic E-state index is -4.43. The molecule has 1 aliphatic rings. The van der Waals surface area contributed by atoms with Gasteiger partial charge in [0.15, 0.2) is 0 Å². The van der Waals surface area contributed by atoms with Gasteiger partial charge in [-0.2, -0.15) is 13.2 Å². The summed E-state index contributed by atoms with van der Waals surface area (Å²) in [5.74, 6) is -0.906. The molecule has 0 saturated carbocycles. The second-order valence-corrected chi connectivity index (χ2v) is 9.14. The van der Waals surface area contributed by atoms with Gasteiger partial charge in [-0.25, -0.2) is 0 Å². The van der Waals surface area contributed by atoms with Gasteiger partial charge in [0.25, 0.3) is 0 Å². The van der Waals surface area contributed by atoms with Gasteiger partial charge in [-0.05, 0) is 60.2 Å². The number of aliphatic carboxylic acids is 1. The molecule has 3 N–H and O–H groups in total. The Morgan fingerprint density at radius 3 is 2.24 bits per heavy atom. The first-order valence-corrected chi connectivity index (χ1v) is 12.0. The second kappa shape index (κ2) is 12.7. The van der Waals surface area contributed by atoms with Crippen LogP contribution in [0, 0.1) is 11.3 Å². The fraction of sp³-hybridized carbons (Fsp3) is 0.310. The van der Waals surface area contributed by atoms with Crippen molar-refractivity contribution in [2.45, 2.75) is 39.1 Å². The third kappa shape index (κ3) is 8.00. The summed E-state index contributed by atoms with van der Waals surface area (Å²) >= 11 is 0. The smallest absolute Gasteiger partial charge is 0.417 e. The van der Waals surface area contributed by atoms with Gasteiger partial charge in [0.05, 0.1) is 18.1 Å². The summed E-state index contributed by atoms with van der Waals surface area (Å²) in [6.07, 6.45) is -2.69. The number of rotatable bonds is 6. The van der Waals surface area contributed by atoms with Crippen molar-refractivity contribution >= 4 is 11.7 Å². The van der Waals surface area contributed by atoms with Crippen LogP contribution >= 0.6 is 0 Å². The van der Waals surface area contributed by atoms with Crippen LogP contribution in [0.3, 0.4) is 0 Å². The largest absolute Gasteiger partial charge is 0.481 e. The molecule has 1 saturated heterocycles. The highest BCUT2D eigenvalue weighted by atomic mass is 19.4. The zero-order valence-corrected chi connectivity index (χ0v) is 20.6. The highest BCUT2D eigenvalue weighted by molar-refractivity contribution is 5.96. The highest BCUT2D eigenvalue weighted by Gasteiger charge is 2.33. The predicted molar refractivity (Wildman–Crippen MR) is 137 cm³/mol. The van der Waals surface area contributed by atoms with Gasteiger partial charge in [-0.15, -0.1) is 0 Å². The number of hydrogen-bond acceptors (Lipinski definition) is 4. The lowest BCUT2D eigenvalue weighted by Crippen LogP contribution is -2.38. The first-order valence-electron chi connectivity index (χ1n) is 12.0. The summed E-state index contributed by atoms with van der Waals surface area (Å²) < 4.78 is 38.9. The van der Waals surface area contributed by atoms with E-state index in [1.165, 1.54) is 17.7 Å². The summed E-state index contributed by atoms with van der Waals surface area (Å²) in [5, 5.41) is 25.5. The molecule has 0 radical (unpaired) electrons. The number of carboxylic acids is 1. The maximum Gasteiger partial charge on any atom is 0.417 e. The van der Waals surface area contributed by atoms with E-state index in [2.05, 4.69) is 4.90 Å². The van der Waals surface area contributed by atoms with E-state index in [0.29, 0.717) is 17.8 Å². The first kappa shape index (κ1) is 28.1. The van der Waals surface area contributed by atoms with Crippen molar-refractivity contribution in [1.82, 2.24) is 4.90 Å². The predicted octanol–water partition coefficient (Wildman–Crippen LogP) is 6.24. The molecule has 1 atom stereocenters. The van der Waals surface area contributed by atoms with Gasteiger partial charge in [-0.3, -0.25) is 9.69 Å². The number of carbonyl (C=O) groups is 1. The molecule has 0 aliphatic carbocycles. The molecule has 0 aromatic heterocycles. The van der Waals surface area contributed by atoms with Crippen LogP contribution in [-0.2, 0) is 24.1 Å². The topological polar surface area (TPSA) is 84.6 Å². The van der Waals surface area contributed by atoms with E-state index in [1.807, 2.05) is 24.3 Å². The second-order valence-electron chi connectivity index (χ2n) is 9.14. The van der Waals surface area contributed by atoms with Crippen LogP contribution in [0.25, 0.3) is 11.1 Å². The molecule has 0 amide bonds. The molecule has 0 bridgehead atoms. The molecule has 8 heteroatoms. The Labute approximate surface area is 214 Å². The Hall–Kier alpha value is -3.49. The number of halogens is 3. The summed E-state index contributed by atoms with van der Waals surface area (Å²) in [7, 11) is 0. The third-order valence-corrected chi connectivity index (χ3v) is 6.30. The molecule has 1 aliphatic heterocycles. The molecule has 1 fully saturated rings. The maximum absolute atomic E-state index is 13.0. The van der Waals surface area contributed by atoms with Gasteiger partial charge < -0.3 is 15.6 Å². The molecule has 1 unspecified atom stereocenters. The molecular weight excluding hydrogens is 481 g/mol. The van der Waals surface area contributed by atoms with Gasteiger partial charge in [-0.1, -0.05) is 66.7 Å². The quantitative estimate of drug-likeness (QED) is 0.342. The minimum absolute atomic E-state index is 0.125. The molecule has 4 rings (SSSR count). The number of nitrogens with zero attached hydrogens (tertiary/aromatic N) is 1. The van der Waals surface area contributed by atoms with Crippen molar-refractivity contribution < 1.29 is 28.2 Å². The lowest BCUT2D eigenvalue weighted by molar-refractivity contribution is -0.143. The Balaban J connectivity index is 0.000000206. The lowest BCUT2D eigenvalue weighted by Gasteiger charge is -2.30. The molecule has 37 heavy (non-hydrogen) atoms. The molecular formula is C29H31F3N2O3. The van der Waals surface area contributed by atoms with Crippen LogP contribution in [0.4, 0.5) is 13.2 Å². The minimum Gasteiger partial charge on any atom is -0.481 e. The van der Waals surface area contributed by atoms with Crippen molar-refractivity contribution in [3.05, 3.63) is 95.1 Å². The van der Waals surface area contributed by atoms with Crippen LogP contribution in [0.2, 0.25) is 0 Å². The van der Waals surface area contributed by atoms with Crippen LogP contribution in [0.5, 0.6) is 0 Å². The molecule has 196 valence electrons. The average molecular weight is 513 g/mol. The van der Waals surface area contributed by atoms with Crippen LogP contribution < -0.4 is 0 Å². The van der Waals surface area contributed by atoms with Crippen LogP contribution in [-0.4, -0.2) is 39.9 Å². The number of nitrogens with one attached hydrogen (secondary N) is 1. The van der Waals surface area contributed by atoms with Gasteiger partial charge in [0.1, 0.15) is 0 Å². The number of carboxylic acid groups (broad SMARTS) is 1. The summed E-state index contributed by atoms with van der Waals surface area (Å²) in [6.45, 7) is 3.77. The number of benzene rings is 3. The third-order valence-electron chi connectivity index (χ3n) is 6.30. The number of alkyl halides is 3. The average Bonchev–Trinajstić information content (AvgIpc) is 2.89. The monoisotopic (exact) mass is 512 g/mol. The highest BCUT2D eigenvalue weighted by Crippen LogP contribution is 2.37. The van der Waals surface area contributed by atoms with Gasteiger partial charge in [0.2, 0.25) is 0 Å².